The number of hydrogen-bond acceptors (Lipinski definition) is 3. The molecule has 1 amide bonds. The molecule has 0 unspecified atom stereocenters. The zero-order valence-corrected chi connectivity index (χ0v) is 11.9. The van der Waals surface area contributed by atoms with E-state index in [1.54, 1.807) is 32.2 Å². The van der Waals surface area contributed by atoms with E-state index in [1.165, 1.54) is 12.0 Å². The van der Waals surface area contributed by atoms with E-state index in [0.717, 1.165) is 0 Å². The summed E-state index contributed by atoms with van der Waals surface area (Å²) in [5.74, 6) is -0.176. The van der Waals surface area contributed by atoms with Gasteiger partial charge in [-0.15, -0.1) is 0 Å². The Kier molecular flexibility index (Phi) is 5.44. The van der Waals surface area contributed by atoms with Gasteiger partial charge in [0.25, 0.3) is 5.91 Å². The molecule has 0 saturated heterocycles. The van der Waals surface area contributed by atoms with Crippen molar-refractivity contribution in [1.29, 1.82) is 0 Å². The molecule has 0 aliphatic rings. The summed E-state index contributed by atoms with van der Waals surface area (Å²) in [4.78, 5) is 18.3. The van der Waals surface area contributed by atoms with Gasteiger partial charge in [-0.1, -0.05) is 28.4 Å². The highest BCUT2D eigenvalue weighted by Crippen LogP contribution is 2.19. The molecule has 1 aromatic rings. The Bertz CT molecular complexity index is 455. The van der Waals surface area contributed by atoms with E-state index in [1.807, 2.05) is 0 Å². The maximum atomic E-state index is 12.1. The normalized spacial score (nSPS) is 11.3. The topological polar surface area (TPSA) is 41.9 Å². The predicted molar refractivity (Wildman–Crippen MR) is 73.5 cm³/mol. The molecule has 0 N–H and O–H groups in total. The Morgan fingerprint density at radius 2 is 1.89 bits per heavy atom. The Labute approximate surface area is 116 Å². The van der Waals surface area contributed by atoms with Crippen molar-refractivity contribution >= 4 is 34.8 Å². The summed E-state index contributed by atoms with van der Waals surface area (Å²) in [5.41, 5.74) is 1.14. The van der Waals surface area contributed by atoms with E-state index >= 15 is 0 Å². The van der Waals surface area contributed by atoms with Crippen molar-refractivity contribution in [2.24, 2.45) is 5.16 Å². The molecular formula is C12H14Cl2N2O2. The van der Waals surface area contributed by atoms with E-state index in [2.05, 4.69) is 9.99 Å². The fourth-order valence-electron chi connectivity index (χ4n) is 1.50. The van der Waals surface area contributed by atoms with Crippen LogP contribution in [0.15, 0.2) is 23.4 Å². The molecule has 0 aliphatic carbocycles. The van der Waals surface area contributed by atoms with E-state index in [0.29, 0.717) is 27.9 Å². The number of rotatable bonds is 4. The maximum Gasteiger partial charge on any atom is 0.254 e. The minimum absolute atomic E-state index is 0.176. The number of hydrogen-bond donors (Lipinski definition) is 0. The average Bonchev–Trinajstić information content (AvgIpc) is 2.26. The van der Waals surface area contributed by atoms with Gasteiger partial charge in [-0.2, -0.15) is 0 Å². The third-order valence-electron chi connectivity index (χ3n) is 2.17. The molecule has 0 radical (unpaired) electrons. The number of oxime groups is 1. The predicted octanol–water partition coefficient (Wildman–Crippen LogP) is 3.09. The lowest BCUT2D eigenvalue weighted by Crippen LogP contribution is -2.31. The first-order valence-corrected chi connectivity index (χ1v) is 5.98. The Hall–Kier alpha value is -1.26. The van der Waals surface area contributed by atoms with E-state index in [9.17, 15) is 4.79 Å². The number of nitrogens with zero attached hydrogens (tertiary/aromatic N) is 2. The third-order valence-corrected chi connectivity index (χ3v) is 2.61. The van der Waals surface area contributed by atoms with Crippen LogP contribution in [-0.4, -0.2) is 37.2 Å². The Morgan fingerprint density at radius 1 is 1.33 bits per heavy atom. The van der Waals surface area contributed by atoms with Gasteiger partial charge in [0.15, 0.2) is 0 Å². The molecular weight excluding hydrogens is 275 g/mol. The summed E-state index contributed by atoms with van der Waals surface area (Å²) in [6, 6.07) is 4.74. The summed E-state index contributed by atoms with van der Waals surface area (Å²) in [6.45, 7) is 2.15. The number of carbonyl (C=O) groups excluding carboxylic acids is 1. The highest BCUT2D eigenvalue weighted by atomic mass is 35.5. The van der Waals surface area contributed by atoms with E-state index in [4.69, 9.17) is 23.2 Å². The second-order valence-electron chi connectivity index (χ2n) is 3.83. The fourth-order valence-corrected chi connectivity index (χ4v) is 2.02. The minimum atomic E-state index is -0.176. The van der Waals surface area contributed by atoms with Gasteiger partial charge in [-0.25, -0.2) is 0 Å². The lowest BCUT2D eigenvalue weighted by Gasteiger charge is -2.17. The molecule has 1 aromatic carbocycles. The monoisotopic (exact) mass is 288 g/mol. The summed E-state index contributed by atoms with van der Waals surface area (Å²) in [5, 5.41) is 4.61. The van der Waals surface area contributed by atoms with Gasteiger partial charge in [0.1, 0.15) is 7.11 Å². The van der Waals surface area contributed by atoms with Crippen LogP contribution >= 0.6 is 23.2 Å². The third kappa shape index (κ3) is 4.20. The molecule has 0 heterocycles. The van der Waals surface area contributed by atoms with Crippen molar-refractivity contribution < 1.29 is 9.63 Å². The van der Waals surface area contributed by atoms with Gasteiger partial charge in [0, 0.05) is 22.7 Å². The zero-order valence-electron chi connectivity index (χ0n) is 10.4. The Balaban J connectivity index is 2.83. The minimum Gasteiger partial charge on any atom is -0.399 e. The molecule has 0 fully saturated rings. The molecule has 0 aromatic heterocycles. The molecule has 0 saturated carbocycles. The fraction of sp³-hybridized carbons (Fsp3) is 0.333. The molecule has 0 atom stereocenters. The Morgan fingerprint density at radius 3 is 2.39 bits per heavy atom. The average molecular weight is 289 g/mol. The molecule has 6 heteroatoms. The highest BCUT2D eigenvalue weighted by Gasteiger charge is 2.13. The SMILES string of the molecule is CON=C(C)CN(C)C(=O)c1cc(Cl)cc(Cl)c1. The molecule has 98 valence electrons. The number of amides is 1. The van der Waals surface area contributed by atoms with Crippen LogP contribution in [0.2, 0.25) is 10.0 Å². The molecule has 0 bridgehead atoms. The number of carbonyl (C=O) groups is 1. The van der Waals surface area contributed by atoms with Crippen LogP contribution in [0.25, 0.3) is 0 Å². The number of benzene rings is 1. The van der Waals surface area contributed by atoms with Crippen LogP contribution in [0.4, 0.5) is 0 Å². The van der Waals surface area contributed by atoms with E-state index in [-0.39, 0.29) is 5.91 Å². The standard InChI is InChI=1S/C12H14Cl2N2O2/c1-8(15-18-3)7-16(2)12(17)9-4-10(13)6-11(14)5-9/h4-6H,7H2,1-3H3. The van der Waals surface area contributed by atoms with Gasteiger partial charge in [0.05, 0.1) is 12.3 Å². The quantitative estimate of drug-likeness (QED) is 0.631. The van der Waals surface area contributed by atoms with Crippen LogP contribution in [0, 0.1) is 0 Å². The highest BCUT2D eigenvalue weighted by molar-refractivity contribution is 6.35. The first-order valence-electron chi connectivity index (χ1n) is 5.22. The molecule has 0 spiro atoms. The molecule has 0 aliphatic heterocycles. The van der Waals surface area contributed by atoms with Gasteiger partial charge >= 0.3 is 0 Å². The summed E-state index contributed by atoms with van der Waals surface area (Å²) in [6.07, 6.45) is 0. The second kappa shape index (κ2) is 6.61. The number of halogens is 2. The van der Waals surface area contributed by atoms with Crippen LogP contribution < -0.4 is 0 Å². The van der Waals surface area contributed by atoms with Crippen molar-refractivity contribution in [3.63, 3.8) is 0 Å². The summed E-state index contributed by atoms with van der Waals surface area (Å²) >= 11 is 11.7. The lowest BCUT2D eigenvalue weighted by molar-refractivity contribution is 0.0813. The smallest absolute Gasteiger partial charge is 0.254 e. The summed E-state index contributed by atoms with van der Waals surface area (Å²) in [7, 11) is 3.13. The van der Waals surface area contributed by atoms with Crippen molar-refractivity contribution in [2.45, 2.75) is 6.92 Å². The molecule has 18 heavy (non-hydrogen) atoms. The van der Waals surface area contributed by atoms with E-state index < -0.39 is 0 Å². The van der Waals surface area contributed by atoms with Crippen LogP contribution in [0.1, 0.15) is 17.3 Å². The van der Waals surface area contributed by atoms with Gasteiger partial charge in [0.2, 0.25) is 0 Å². The van der Waals surface area contributed by atoms with Crippen molar-refractivity contribution in [3.8, 4) is 0 Å². The first-order chi connectivity index (χ1) is 8.43. The second-order valence-corrected chi connectivity index (χ2v) is 4.70. The van der Waals surface area contributed by atoms with Crippen molar-refractivity contribution in [1.82, 2.24) is 4.90 Å². The lowest BCUT2D eigenvalue weighted by atomic mass is 10.2. The van der Waals surface area contributed by atoms with Crippen LogP contribution in [0.3, 0.4) is 0 Å². The van der Waals surface area contributed by atoms with Crippen molar-refractivity contribution in [2.75, 3.05) is 20.7 Å². The van der Waals surface area contributed by atoms with Crippen LogP contribution in [0.5, 0.6) is 0 Å². The molecule has 4 nitrogen and oxygen atoms in total. The van der Waals surface area contributed by atoms with Gasteiger partial charge in [-0.05, 0) is 25.1 Å². The molecule has 1 rings (SSSR count). The van der Waals surface area contributed by atoms with Gasteiger partial charge in [-0.3, -0.25) is 4.79 Å². The summed E-state index contributed by atoms with van der Waals surface area (Å²) < 4.78 is 0. The van der Waals surface area contributed by atoms with Crippen LogP contribution in [-0.2, 0) is 4.84 Å². The first kappa shape index (κ1) is 14.8. The zero-order chi connectivity index (χ0) is 13.7. The largest absolute Gasteiger partial charge is 0.399 e. The van der Waals surface area contributed by atoms with Gasteiger partial charge < -0.3 is 9.74 Å². The maximum absolute atomic E-state index is 12.1. The van der Waals surface area contributed by atoms with Crippen molar-refractivity contribution in [3.05, 3.63) is 33.8 Å².